The molecule has 2 heteroatoms. The lowest BCUT2D eigenvalue weighted by molar-refractivity contribution is 0.103. The van der Waals surface area contributed by atoms with Crippen LogP contribution in [0.25, 0.3) is 5.57 Å². The van der Waals surface area contributed by atoms with E-state index in [4.69, 9.17) is 0 Å². The van der Waals surface area contributed by atoms with Crippen LogP contribution in [-0.2, 0) is 0 Å². The van der Waals surface area contributed by atoms with Crippen LogP contribution in [-0.4, -0.2) is 5.78 Å². The molecule has 0 N–H and O–H groups in total. The van der Waals surface area contributed by atoms with E-state index in [0.717, 1.165) is 16.7 Å². The van der Waals surface area contributed by atoms with Crippen molar-refractivity contribution in [1.29, 1.82) is 0 Å². The van der Waals surface area contributed by atoms with E-state index in [1.807, 2.05) is 19.9 Å². The molecule has 0 aliphatic rings. The number of hydrogen-bond acceptors (Lipinski definition) is 1. The number of ketones is 1. The van der Waals surface area contributed by atoms with E-state index < -0.39 is 5.82 Å². The predicted molar refractivity (Wildman–Crippen MR) is 75.7 cm³/mol. The van der Waals surface area contributed by atoms with Crippen molar-refractivity contribution in [1.82, 2.24) is 0 Å². The molecular formula is C17H15FO. The summed E-state index contributed by atoms with van der Waals surface area (Å²) in [6.45, 7) is 7.74. The number of allylic oxidation sites excluding steroid dienone is 1. The molecule has 0 radical (unpaired) electrons. The average Bonchev–Trinajstić information content (AvgIpc) is 2.38. The van der Waals surface area contributed by atoms with Gasteiger partial charge in [0.15, 0.2) is 5.78 Å². The minimum atomic E-state index is -0.495. The number of carbonyl (C=O) groups excluding carboxylic acids is 1. The molecule has 0 unspecified atom stereocenters. The van der Waals surface area contributed by atoms with Crippen molar-refractivity contribution in [3.63, 3.8) is 0 Å². The largest absolute Gasteiger partial charge is 0.288 e. The lowest BCUT2D eigenvalue weighted by Crippen LogP contribution is -2.05. The highest BCUT2D eigenvalue weighted by Crippen LogP contribution is 2.21. The first kappa shape index (κ1) is 13.2. The minimum absolute atomic E-state index is 0.0963. The standard InChI is InChI=1S/C17H15FO/c1-11(2)15-10-13(9-8-12(15)3)17(19)14-6-4-5-7-16(14)18/h4-10H,1H2,2-3H3. The fraction of sp³-hybridized carbons (Fsp3) is 0.118. The van der Waals surface area contributed by atoms with Crippen molar-refractivity contribution in [2.45, 2.75) is 13.8 Å². The van der Waals surface area contributed by atoms with Crippen molar-refractivity contribution in [2.24, 2.45) is 0 Å². The summed E-state index contributed by atoms with van der Waals surface area (Å²) in [6, 6.07) is 11.4. The van der Waals surface area contributed by atoms with Crippen LogP contribution in [0.5, 0.6) is 0 Å². The zero-order valence-electron chi connectivity index (χ0n) is 11.0. The normalized spacial score (nSPS) is 10.3. The molecule has 0 bridgehead atoms. The maximum Gasteiger partial charge on any atom is 0.195 e. The Morgan fingerprint density at radius 1 is 1.11 bits per heavy atom. The Bertz CT molecular complexity index is 656. The fourth-order valence-corrected chi connectivity index (χ4v) is 2.02. The zero-order chi connectivity index (χ0) is 14.0. The highest BCUT2D eigenvalue weighted by molar-refractivity contribution is 6.09. The molecule has 0 spiro atoms. The summed E-state index contributed by atoms with van der Waals surface area (Å²) in [5, 5.41) is 0. The van der Waals surface area contributed by atoms with E-state index in [-0.39, 0.29) is 11.3 Å². The third kappa shape index (κ3) is 2.63. The summed E-state index contributed by atoms with van der Waals surface area (Å²) in [5.41, 5.74) is 3.45. The van der Waals surface area contributed by atoms with Gasteiger partial charge in [-0.1, -0.05) is 36.4 Å². The van der Waals surface area contributed by atoms with Gasteiger partial charge >= 0.3 is 0 Å². The summed E-state index contributed by atoms with van der Waals surface area (Å²) in [7, 11) is 0. The van der Waals surface area contributed by atoms with E-state index in [9.17, 15) is 9.18 Å². The Kier molecular flexibility index (Phi) is 3.61. The Labute approximate surface area is 112 Å². The van der Waals surface area contributed by atoms with Gasteiger partial charge < -0.3 is 0 Å². The van der Waals surface area contributed by atoms with Gasteiger partial charge in [0.05, 0.1) is 5.56 Å². The number of carbonyl (C=O) groups is 1. The van der Waals surface area contributed by atoms with Crippen LogP contribution < -0.4 is 0 Å². The van der Waals surface area contributed by atoms with Gasteiger partial charge in [0.1, 0.15) is 5.82 Å². The van der Waals surface area contributed by atoms with Gasteiger partial charge in [-0.25, -0.2) is 4.39 Å². The first-order valence-electron chi connectivity index (χ1n) is 6.06. The summed E-state index contributed by atoms with van der Waals surface area (Å²) in [5.74, 6) is -0.800. The highest BCUT2D eigenvalue weighted by Gasteiger charge is 2.14. The van der Waals surface area contributed by atoms with E-state index in [0.29, 0.717) is 5.56 Å². The lowest BCUT2D eigenvalue weighted by Gasteiger charge is -2.08. The molecule has 0 saturated carbocycles. The van der Waals surface area contributed by atoms with Crippen LogP contribution in [0.2, 0.25) is 0 Å². The summed E-state index contributed by atoms with van der Waals surface area (Å²) < 4.78 is 13.6. The fourth-order valence-electron chi connectivity index (χ4n) is 2.02. The molecule has 2 rings (SSSR count). The summed E-state index contributed by atoms with van der Waals surface area (Å²) in [6.07, 6.45) is 0. The first-order valence-corrected chi connectivity index (χ1v) is 6.06. The highest BCUT2D eigenvalue weighted by atomic mass is 19.1. The van der Waals surface area contributed by atoms with E-state index in [2.05, 4.69) is 6.58 Å². The Hall–Kier alpha value is -2.22. The van der Waals surface area contributed by atoms with Crippen LogP contribution in [0.1, 0.15) is 34.0 Å². The van der Waals surface area contributed by atoms with Gasteiger partial charge in [-0.2, -0.15) is 0 Å². The molecule has 0 amide bonds. The molecule has 0 heterocycles. The second-order valence-corrected chi connectivity index (χ2v) is 4.62. The summed E-state index contributed by atoms with van der Waals surface area (Å²) in [4.78, 5) is 12.3. The molecule has 0 saturated heterocycles. The van der Waals surface area contributed by atoms with Crippen LogP contribution in [0.4, 0.5) is 4.39 Å². The smallest absolute Gasteiger partial charge is 0.195 e. The van der Waals surface area contributed by atoms with Crippen LogP contribution in [0, 0.1) is 12.7 Å². The van der Waals surface area contributed by atoms with Gasteiger partial charge in [0.25, 0.3) is 0 Å². The molecular weight excluding hydrogens is 239 g/mol. The third-order valence-corrected chi connectivity index (χ3v) is 3.08. The number of aryl methyl sites for hydroxylation is 1. The SMILES string of the molecule is C=C(C)c1cc(C(=O)c2ccccc2F)ccc1C. The van der Waals surface area contributed by atoms with Gasteiger partial charge in [0.2, 0.25) is 0 Å². The zero-order valence-corrected chi connectivity index (χ0v) is 11.0. The first-order chi connectivity index (χ1) is 9.00. The molecule has 0 atom stereocenters. The molecule has 19 heavy (non-hydrogen) atoms. The molecule has 0 aliphatic carbocycles. The van der Waals surface area contributed by atoms with Gasteiger partial charge in [-0.05, 0) is 43.2 Å². The van der Waals surface area contributed by atoms with E-state index in [1.165, 1.54) is 12.1 Å². The maximum absolute atomic E-state index is 13.6. The van der Waals surface area contributed by atoms with Gasteiger partial charge in [-0.15, -0.1) is 0 Å². The lowest BCUT2D eigenvalue weighted by atomic mass is 9.96. The minimum Gasteiger partial charge on any atom is -0.288 e. The quantitative estimate of drug-likeness (QED) is 0.742. The molecule has 96 valence electrons. The number of rotatable bonds is 3. The van der Waals surface area contributed by atoms with Crippen molar-refractivity contribution in [3.05, 3.63) is 77.1 Å². The Morgan fingerprint density at radius 3 is 2.42 bits per heavy atom. The van der Waals surface area contributed by atoms with Crippen molar-refractivity contribution < 1.29 is 9.18 Å². The molecule has 0 fully saturated rings. The third-order valence-electron chi connectivity index (χ3n) is 3.08. The van der Waals surface area contributed by atoms with Gasteiger partial charge in [-0.3, -0.25) is 4.79 Å². The van der Waals surface area contributed by atoms with Crippen LogP contribution >= 0.6 is 0 Å². The van der Waals surface area contributed by atoms with Crippen molar-refractivity contribution in [2.75, 3.05) is 0 Å². The van der Waals surface area contributed by atoms with Crippen molar-refractivity contribution >= 4 is 11.4 Å². The molecule has 2 aromatic carbocycles. The molecule has 0 aromatic heterocycles. The van der Waals surface area contributed by atoms with E-state index >= 15 is 0 Å². The van der Waals surface area contributed by atoms with E-state index in [1.54, 1.807) is 24.3 Å². The molecule has 1 nitrogen and oxygen atoms in total. The maximum atomic E-state index is 13.6. The average molecular weight is 254 g/mol. The van der Waals surface area contributed by atoms with Crippen molar-refractivity contribution in [3.8, 4) is 0 Å². The second-order valence-electron chi connectivity index (χ2n) is 4.62. The monoisotopic (exact) mass is 254 g/mol. The second kappa shape index (κ2) is 5.19. The Balaban J connectivity index is 2.49. The van der Waals surface area contributed by atoms with Crippen LogP contribution in [0.3, 0.4) is 0 Å². The topological polar surface area (TPSA) is 17.1 Å². The Morgan fingerprint density at radius 2 is 1.79 bits per heavy atom. The van der Waals surface area contributed by atoms with Crippen LogP contribution in [0.15, 0.2) is 49.0 Å². The molecule has 0 aliphatic heterocycles. The number of halogens is 1. The number of hydrogen-bond donors (Lipinski definition) is 0. The molecule has 2 aromatic rings. The number of benzene rings is 2. The predicted octanol–water partition coefficient (Wildman–Crippen LogP) is 4.40. The summed E-state index contributed by atoms with van der Waals surface area (Å²) >= 11 is 0. The van der Waals surface area contributed by atoms with Gasteiger partial charge in [0, 0.05) is 5.56 Å².